The van der Waals surface area contributed by atoms with Crippen molar-refractivity contribution in [2.24, 2.45) is 0 Å². The molecule has 0 atom stereocenters. The Morgan fingerprint density at radius 2 is 1.82 bits per heavy atom. The summed E-state index contributed by atoms with van der Waals surface area (Å²) in [5.74, 6) is 0. The summed E-state index contributed by atoms with van der Waals surface area (Å²) in [5.41, 5.74) is 3.17. The predicted molar refractivity (Wildman–Crippen MR) is 106 cm³/mol. The molecular formula is C20H19N5O2S. The molecule has 142 valence electrons. The lowest BCUT2D eigenvalue weighted by Crippen LogP contribution is -2.15. The third-order valence-electron chi connectivity index (χ3n) is 5.42. The fourth-order valence-electron chi connectivity index (χ4n) is 3.90. The number of allylic oxidation sites excluding steroid dienone is 1. The third kappa shape index (κ3) is 2.56. The Kier molecular flexibility index (Phi) is 3.83. The molecule has 28 heavy (non-hydrogen) atoms. The Morgan fingerprint density at radius 1 is 1.07 bits per heavy atom. The van der Waals surface area contributed by atoms with Crippen molar-refractivity contribution in [3.63, 3.8) is 0 Å². The molecule has 7 nitrogen and oxygen atoms in total. The average Bonchev–Trinajstić information content (AvgIpc) is 3.33. The predicted octanol–water partition coefficient (Wildman–Crippen LogP) is 3.69. The van der Waals surface area contributed by atoms with Crippen molar-refractivity contribution in [2.75, 3.05) is 0 Å². The second kappa shape index (κ2) is 6.27. The minimum absolute atomic E-state index is 0.229. The van der Waals surface area contributed by atoms with Gasteiger partial charge in [-0.05, 0) is 43.9 Å². The van der Waals surface area contributed by atoms with E-state index in [2.05, 4.69) is 21.9 Å². The van der Waals surface area contributed by atoms with E-state index < -0.39 is 10.0 Å². The summed E-state index contributed by atoms with van der Waals surface area (Å²) in [6, 6.07) is 10.4. The zero-order chi connectivity index (χ0) is 19.3. The van der Waals surface area contributed by atoms with E-state index in [0.29, 0.717) is 11.2 Å². The van der Waals surface area contributed by atoms with Gasteiger partial charge in [-0.3, -0.25) is 0 Å². The van der Waals surface area contributed by atoms with Gasteiger partial charge in [0.2, 0.25) is 0 Å². The molecule has 3 heterocycles. The molecule has 8 heteroatoms. The maximum atomic E-state index is 13.1. The van der Waals surface area contributed by atoms with Gasteiger partial charge in [0.25, 0.3) is 10.0 Å². The second-order valence-corrected chi connectivity index (χ2v) is 8.99. The van der Waals surface area contributed by atoms with E-state index in [1.54, 1.807) is 48.8 Å². The number of nitrogens with zero attached hydrogens (tertiary/aromatic N) is 5. The molecule has 1 saturated carbocycles. The lowest BCUT2D eigenvalue weighted by atomic mass is 9.92. The van der Waals surface area contributed by atoms with E-state index in [1.807, 2.05) is 4.68 Å². The zero-order valence-corrected chi connectivity index (χ0v) is 16.0. The van der Waals surface area contributed by atoms with Gasteiger partial charge in [0, 0.05) is 11.6 Å². The molecule has 1 aliphatic rings. The summed E-state index contributed by atoms with van der Waals surface area (Å²) >= 11 is 0. The average molecular weight is 393 g/mol. The zero-order valence-electron chi connectivity index (χ0n) is 15.2. The van der Waals surface area contributed by atoms with Gasteiger partial charge in [-0.2, -0.15) is 0 Å². The van der Waals surface area contributed by atoms with Crippen LogP contribution in [-0.4, -0.2) is 32.4 Å². The first-order valence-corrected chi connectivity index (χ1v) is 10.7. The number of hydrogen-bond acceptors (Lipinski definition) is 5. The van der Waals surface area contributed by atoms with Gasteiger partial charge in [0.05, 0.1) is 17.1 Å². The molecule has 0 unspecified atom stereocenters. The van der Waals surface area contributed by atoms with E-state index in [9.17, 15) is 8.42 Å². The van der Waals surface area contributed by atoms with Crippen LogP contribution >= 0.6 is 0 Å². The standard InChI is InChI=1S/C20H19N5O2S/c1-14-7-9-15(10-8-14)25-19-17-11-12-24(20(17)21-13-18(19)22-23-25)28(26,27)16-5-3-2-4-6-16/h2-6,11-13,15H,1,7-10H2. The van der Waals surface area contributed by atoms with Crippen LogP contribution in [-0.2, 0) is 10.0 Å². The van der Waals surface area contributed by atoms with Gasteiger partial charge in [0.1, 0.15) is 11.0 Å². The van der Waals surface area contributed by atoms with Gasteiger partial charge < -0.3 is 0 Å². The first kappa shape index (κ1) is 17.1. The van der Waals surface area contributed by atoms with Crippen molar-refractivity contribution in [3.05, 3.63) is 60.9 Å². The highest BCUT2D eigenvalue weighted by atomic mass is 32.2. The largest absolute Gasteiger partial charge is 0.269 e. The highest BCUT2D eigenvalue weighted by Crippen LogP contribution is 2.34. The molecule has 1 aliphatic carbocycles. The molecule has 0 N–H and O–H groups in total. The Hall–Kier alpha value is -3.00. The van der Waals surface area contributed by atoms with Crippen LogP contribution in [0, 0.1) is 0 Å². The monoisotopic (exact) mass is 393 g/mol. The summed E-state index contributed by atoms with van der Waals surface area (Å²) in [4.78, 5) is 4.61. The van der Waals surface area contributed by atoms with Gasteiger partial charge in [0.15, 0.2) is 5.65 Å². The van der Waals surface area contributed by atoms with Crippen molar-refractivity contribution in [1.82, 2.24) is 24.0 Å². The van der Waals surface area contributed by atoms with Gasteiger partial charge >= 0.3 is 0 Å². The third-order valence-corrected chi connectivity index (χ3v) is 7.10. The summed E-state index contributed by atoms with van der Waals surface area (Å²) in [5, 5.41) is 9.37. The van der Waals surface area contributed by atoms with Crippen LogP contribution in [0.3, 0.4) is 0 Å². The SMILES string of the molecule is C=C1CCC(n2nnc3cnc4c(ccn4S(=O)(=O)c4ccccc4)c32)CC1. The van der Waals surface area contributed by atoms with Crippen LogP contribution in [0.15, 0.2) is 65.8 Å². The summed E-state index contributed by atoms with van der Waals surface area (Å²) in [7, 11) is -3.73. The minimum Gasteiger partial charge on any atom is -0.241 e. The second-order valence-electron chi connectivity index (χ2n) is 7.17. The van der Waals surface area contributed by atoms with Crippen LogP contribution in [0.25, 0.3) is 22.1 Å². The Bertz CT molecular complexity index is 1290. The van der Waals surface area contributed by atoms with Crippen LogP contribution in [0.5, 0.6) is 0 Å². The van der Waals surface area contributed by atoms with Gasteiger partial charge in [-0.1, -0.05) is 35.6 Å². The van der Waals surface area contributed by atoms with Crippen LogP contribution in [0.2, 0.25) is 0 Å². The lowest BCUT2D eigenvalue weighted by molar-refractivity contribution is 0.371. The molecule has 0 bridgehead atoms. The minimum atomic E-state index is -3.73. The smallest absolute Gasteiger partial charge is 0.241 e. The van der Waals surface area contributed by atoms with E-state index in [0.717, 1.165) is 36.6 Å². The molecule has 3 aromatic heterocycles. The van der Waals surface area contributed by atoms with Crippen LogP contribution < -0.4 is 0 Å². The van der Waals surface area contributed by atoms with Gasteiger partial charge in [-0.15, -0.1) is 5.10 Å². The fourth-order valence-corrected chi connectivity index (χ4v) is 5.23. The summed E-state index contributed by atoms with van der Waals surface area (Å²) < 4.78 is 29.3. The highest BCUT2D eigenvalue weighted by Gasteiger charge is 2.25. The number of hydrogen-bond donors (Lipinski definition) is 0. The van der Waals surface area contributed by atoms with Gasteiger partial charge in [-0.25, -0.2) is 22.1 Å². The Balaban J connectivity index is 1.68. The summed E-state index contributed by atoms with van der Waals surface area (Å²) in [6.07, 6.45) is 7.03. The number of pyridine rings is 1. The molecule has 0 radical (unpaired) electrons. The summed E-state index contributed by atoms with van der Waals surface area (Å²) in [6.45, 7) is 4.08. The maximum Gasteiger partial charge on any atom is 0.269 e. The maximum absolute atomic E-state index is 13.1. The first-order chi connectivity index (χ1) is 13.6. The number of rotatable bonds is 3. The van der Waals surface area contributed by atoms with Crippen molar-refractivity contribution < 1.29 is 8.42 Å². The van der Waals surface area contributed by atoms with Crippen molar-refractivity contribution in [1.29, 1.82) is 0 Å². The highest BCUT2D eigenvalue weighted by molar-refractivity contribution is 7.90. The molecule has 5 rings (SSSR count). The fraction of sp³-hybridized carbons (Fsp3) is 0.250. The van der Waals surface area contributed by atoms with Crippen molar-refractivity contribution in [3.8, 4) is 0 Å². The Morgan fingerprint density at radius 3 is 2.57 bits per heavy atom. The first-order valence-electron chi connectivity index (χ1n) is 9.24. The molecule has 0 amide bonds. The van der Waals surface area contributed by atoms with E-state index in [4.69, 9.17) is 0 Å². The Labute approximate surface area is 162 Å². The molecule has 0 saturated heterocycles. The number of benzene rings is 1. The molecule has 1 aromatic carbocycles. The quantitative estimate of drug-likeness (QED) is 0.496. The van der Waals surface area contributed by atoms with E-state index >= 15 is 0 Å². The lowest BCUT2D eigenvalue weighted by Gasteiger charge is -2.23. The van der Waals surface area contributed by atoms with E-state index in [1.165, 1.54) is 9.55 Å². The van der Waals surface area contributed by atoms with Crippen molar-refractivity contribution in [2.45, 2.75) is 36.6 Å². The van der Waals surface area contributed by atoms with Crippen molar-refractivity contribution >= 4 is 32.1 Å². The van der Waals surface area contributed by atoms with Crippen LogP contribution in [0.1, 0.15) is 31.7 Å². The topological polar surface area (TPSA) is 82.7 Å². The molecule has 4 aromatic rings. The molecular weight excluding hydrogens is 374 g/mol. The molecule has 0 aliphatic heterocycles. The normalized spacial score (nSPS) is 16.2. The number of fused-ring (bicyclic) bond motifs is 3. The van der Waals surface area contributed by atoms with Crippen LogP contribution in [0.4, 0.5) is 0 Å². The number of aromatic nitrogens is 5. The molecule has 1 fully saturated rings. The molecule has 0 spiro atoms. The van der Waals surface area contributed by atoms with E-state index in [-0.39, 0.29) is 10.9 Å².